The first-order valence-electron chi connectivity index (χ1n) is 15.4. The van der Waals surface area contributed by atoms with Crippen molar-refractivity contribution in [1.29, 1.82) is 0 Å². The summed E-state index contributed by atoms with van der Waals surface area (Å²) >= 11 is 6.68. The number of likely N-dealkylation sites (N-methyl/N-ethyl adjacent to an activating group) is 1. The van der Waals surface area contributed by atoms with E-state index in [0.29, 0.717) is 62.2 Å². The number of hydrogen-bond acceptors (Lipinski definition) is 8. The number of ketones is 1. The Labute approximate surface area is 268 Å². The van der Waals surface area contributed by atoms with Gasteiger partial charge in [-0.25, -0.2) is 6.57 Å². The molecule has 0 bridgehead atoms. The highest BCUT2D eigenvalue weighted by Crippen LogP contribution is 2.39. The molecule has 10 nitrogen and oxygen atoms in total. The van der Waals surface area contributed by atoms with Gasteiger partial charge in [-0.1, -0.05) is 41.9 Å². The van der Waals surface area contributed by atoms with Crippen molar-refractivity contribution in [2.75, 3.05) is 51.3 Å². The fourth-order valence-electron chi connectivity index (χ4n) is 6.59. The molecule has 1 amide bonds. The molecule has 2 aromatic carbocycles. The van der Waals surface area contributed by atoms with E-state index in [1.807, 2.05) is 30.3 Å². The van der Waals surface area contributed by atoms with Crippen molar-refractivity contribution in [2.24, 2.45) is 0 Å². The van der Waals surface area contributed by atoms with Crippen LogP contribution in [0.4, 0.5) is 5.82 Å². The number of carbonyl (C=O) groups is 2. The number of ether oxygens (including phenoxy) is 2. The van der Waals surface area contributed by atoms with Crippen LogP contribution in [-0.4, -0.2) is 89.9 Å². The monoisotopic (exact) mass is 628 g/mol. The molecule has 2 saturated heterocycles. The number of fused-ring (bicyclic) bond motifs is 2. The van der Waals surface area contributed by atoms with Gasteiger partial charge in [0.2, 0.25) is 12.5 Å². The van der Waals surface area contributed by atoms with Crippen LogP contribution in [0.1, 0.15) is 42.7 Å². The third-order valence-electron chi connectivity index (χ3n) is 9.00. The third kappa shape index (κ3) is 6.66. The molecule has 11 heteroatoms. The molecule has 234 valence electrons. The summed E-state index contributed by atoms with van der Waals surface area (Å²) in [6, 6.07) is 12.3. The van der Waals surface area contributed by atoms with Gasteiger partial charge >= 0.3 is 6.01 Å². The molecule has 2 fully saturated rings. The molecule has 45 heavy (non-hydrogen) atoms. The summed E-state index contributed by atoms with van der Waals surface area (Å²) in [5, 5.41) is 2.72. The minimum atomic E-state index is -0.363. The summed E-state index contributed by atoms with van der Waals surface area (Å²) in [7, 11) is 2.11. The topological polar surface area (TPSA) is 92.5 Å². The van der Waals surface area contributed by atoms with Crippen LogP contribution in [0.15, 0.2) is 48.6 Å². The fourth-order valence-corrected chi connectivity index (χ4v) is 6.88. The number of rotatable bonds is 8. The Morgan fingerprint density at radius 2 is 1.96 bits per heavy atom. The molecular weight excluding hydrogens is 592 g/mol. The molecule has 3 aromatic rings. The van der Waals surface area contributed by atoms with Crippen molar-refractivity contribution in [3.63, 3.8) is 0 Å². The molecule has 3 atom stereocenters. The Morgan fingerprint density at radius 3 is 2.71 bits per heavy atom. The number of nitrogens with zero attached hydrogens (tertiary/aromatic N) is 6. The van der Waals surface area contributed by atoms with Crippen LogP contribution in [0.3, 0.4) is 0 Å². The highest BCUT2D eigenvalue weighted by molar-refractivity contribution is 6.35. The van der Waals surface area contributed by atoms with E-state index >= 15 is 0 Å². The second kappa shape index (κ2) is 13.5. The second-order valence-electron chi connectivity index (χ2n) is 11.9. The lowest BCUT2D eigenvalue weighted by atomic mass is 9.94. The van der Waals surface area contributed by atoms with Gasteiger partial charge in [0.25, 0.3) is 0 Å². The standard InChI is InChI=1S/C34H37ClN6O4/c1-22(42)12-13-31(43)41-16-15-40(19-25(41)18-36-2)33-27-21-44-30(26-10-4-7-23-8-5-11-28(35)32(23)26)17-29(27)37-34(38-33)45-20-24-9-6-14-39(24)3/h4-5,7-8,10-13,24-25,30H,6,9,14-21H2,1,3H3/b13-12+/t24-,25-,30-/m0/s1. The molecule has 0 N–H and O–H groups in total. The quantitative estimate of drug-likeness (QED) is 0.263. The van der Waals surface area contributed by atoms with E-state index in [2.05, 4.69) is 27.8 Å². The summed E-state index contributed by atoms with van der Waals surface area (Å²) in [6.07, 6.45) is 5.04. The average Bonchev–Trinajstić information content (AvgIpc) is 3.46. The molecular formula is C34H37ClN6O4. The Balaban J connectivity index is 1.32. The van der Waals surface area contributed by atoms with Gasteiger partial charge in [-0.15, -0.1) is 0 Å². The van der Waals surface area contributed by atoms with Crippen LogP contribution in [-0.2, 0) is 27.4 Å². The number of aromatic nitrogens is 2. The van der Waals surface area contributed by atoms with E-state index in [1.165, 1.54) is 19.1 Å². The Kier molecular flexibility index (Phi) is 9.31. The zero-order valence-corrected chi connectivity index (χ0v) is 26.4. The number of piperazine rings is 1. The van der Waals surface area contributed by atoms with Crippen molar-refractivity contribution < 1.29 is 19.1 Å². The normalized spacial score (nSPS) is 22.0. The minimum Gasteiger partial charge on any atom is -0.462 e. The van der Waals surface area contributed by atoms with Crippen LogP contribution < -0.4 is 9.64 Å². The SMILES string of the molecule is [C-]#[N+]C[C@H]1CN(c2nc(OC[C@@H]3CCCN3C)nc3c2CO[C@H](c2cccc4cccc(Cl)c24)C3)CCN1C(=O)/C=C/C(C)=O. The van der Waals surface area contributed by atoms with Gasteiger partial charge in [-0.3, -0.25) is 9.59 Å². The number of carbonyl (C=O) groups excluding carboxylic acids is 2. The first-order chi connectivity index (χ1) is 21.8. The van der Waals surface area contributed by atoms with Gasteiger partial charge in [0.1, 0.15) is 18.5 Å². The molecule has 4 heterocycles. The molecule has 3 aliphatic rings. The lowest BCUT2D eigenvalue weighted by Crippen LogP contribution is -2.56. The number of likely N-dealkylation sites (tertiary alicyclic amines) is 1. The van der Waals surface area contributed by atoms with Crippen LogP contribution in [0.2, 0.25) is 5.02 Å². The highest BCUT2D eigenvalue weighted by Gasteiger charge is 2.36. The molecule has 0 radical (unpaired) electrons. The largest absolute Gasteiger partial charge is 0.462 e. The van der Waals surface area contributed by atoms with Gasteiger partial charge in [-0.2, -0.15) is 9.97 Å². The van der Waals surface area contributed by atoms with Gasteiger partial charge in [0.05, 0.1) is 18.4 Å². The molecule has 6 rings (SSSR count). The van der Waals surface area contributed by atoms with E-state index in [1.54, 1.807) is 4.90 Å². The van der Waals surface area contributed by atoms with Crippen LogP contribution in [0.5, 0.6) is 6.01 Å². The zero-order chi connectivity index (χ0) is 31.5. The Morgan fingerprint density at radius 1 is 1.13 bits per heavy atom. The van der Waals surface area contributed by atoms with Crippen molar-refractivity contribution >= 4 is 39.9 Å². The van der Waals surface area contributed by atoms with Crippen molar-refractivity contribution in [3.8, 4) is 6.01 Å². The molecule has 0 unspecified atom stereocenters. The highest BCUT2D eigenvalue weighted by atomic mass is 35.5. The third-order valence-corrected chi connectivity index (χ3v) is 9.31. The summed E-state index contributed by atoms with van der Waals surface area (Å²) in [5.74, 6) is 0.245. The summed E-state index contributed by atoms with van der Waals surface area (Å²) in [4.78, 5) is 43.9. The fraction of sp³-hybridized carbons (Fsp3) is 0.441. The molecule has 0 aliphatic carbocycles. The molecule has 0 spiro atoms. The van der Waals surface area contributed by atoms with Gasteiger partial charge < -0.3 is 29.0 Å². The predicted molar refractivity (Wildman–Crippen MR) is 172 cm³/mol. The maximum Gasteiger partial charge on any atom is 0.318 e. The number of benzene rings is 2. The number of anilines is 1. The molecule has 0 saturated carbocycles. The van der Waals surface area contributed by atoms with Gasteiger partial charge in [0, 0.05) is 54.1 Å². The number of amides is 1. The maximum absolute atomic E-state index is 12.9. The van der Waals surface area contributed by atoms with E-state index in [0.717, 1.165) is 47.0 Å². The Hall–Kier alpha value is -4.04. The smallest absolute Gasteiger partial charge is 0.318 e. The lowest BCUT2D eigenvalue weighted by molar-refractivity contribution is -0.128. The summed E-state index contributed by atoms with van der Waals surface area (Å²) < 4.78 is 12.8. The van der Waals surface area contributed by atoms with Crippen molar-refractivity contribution in [1.82, 2.24) is 19.8 Å². The number of halogens is 1. The Bertz CT molecular complexity index is 1670. The molecule has 1 aromatic heterocycles. The average molecular weight is 629 g/mol. The van der Waals surface area contributed by atoms with E-state index in [-0.39, 0.29) is 30.4 Å². The summed E-state index contributed by atoms with van der Waals surface area (Å²) in [6.45, 7) is 12.2. The van der Waals surface area contributed by atoms with Crippen LogP contribution in [0.25, 0.3) is 15.6 Å². The summed E-state index contributed by atoms with van der Waals surface area (Å²) in [5.41, 5.74) is 2.77. The van der Waals surface area contributed by atoms with Crippen LogP contribution >= 0.6 is 11.6 Å². The van der Waals surface area contributed by atoms with Crippen molar-refractivity contribution in [3.05, 3.63) is 81.8 Å². The van der Waals surface area contributed by atoms with E-state index in [4.69, 9.17) is 37.6 Å². The van der Waals surface area contributed by atoms with Crippen molar-refractivity contribution in [2.45, 2.75) is 51.0 Å². The first kappa shape index (κ1) is 31.0. The van der Waals surface area contributed by atoms with E-state index in [9.17, 15) is 9.59 Å². The number of allylic oxidation sites excluding steroid dienone is 1. The first-order valence-corrected chi connectivity index (χ1v) is 15.8. The minimum absolute atomic E-state index is 0.140. The lowest BCUT2D eigenvalue weighted by Gasteiger charge is -2.40. The number of hydrogen-bond donors (Lipinski definition) is 0. The second-order valence-corrected chi connectivity index (χ2v) is 12.4. The zero-order valence-electron chi connectivity index (χ0n) is 25.6. The van der Waals surface area contributed by atoms with Gasteiger partial charge in [0.15, 0.2) is 5.78 Å². The van der Waals surface area contributed by atoms with E-state index < -0.39 is 0 Å². The van der Waals surface area contributed by atoms with Gasteiger partial charge in [-0.05, 0) is 56.4 Å². The molecule has 3 aliphatic heterocycles. The van der Waals surface area contributed by atoms with Crippen LogP contribution in [0, 0.1) is 6.57 Å². The predicted octanol–water partition coefficient (Wildman–Crippen LogP) is 4.65. The maximum atomic E-state index is 12.9.